The van der Waals surface area contributed by atoms with Crippen LogP contribution in [0.2, 0.25) is 0 Å². The number of fused-ring (bicyclic) bond motifs is 1. The number of H-pyrrole nitrogens is 1. The van der Waals surface area contributed by atoms with Gasteiger partial charge in [-0.1, -0.05) is 6.07 Å². The molecule has 3 aromatic heterocycles. The first kappa shape index (κ1) is 21.1. The molecule has 1 fully saturated rings. The maximum Gasteiger partial charge on any atom is 0.276 e. The zero-order valence-corrected chi connectivity index (χ0v) is 18.9. The molecule has 8 heteroatoms. The topological polar surface area (TPSA) is 90.0 Å². The molecule has 0 spiro atoms. The fraction of sp³-hybridized carbons (Fsp3) is 0.280. The third kappa shape index (κ3) is 4.56. The second kappa shape index (κ2) is 8.99. The van der Waals surface area contributed by atoms with Crippen molar-refractivity contribution in [1.82, 2.24) is 25.1 Å². The Balaban J connectivity index is 1.38. The molecule has 1 aromatic carbocycles. The smallest absolute Gasteiger partial charge is 0.276 e. The van der Waals surface area contributed by atoms with Crippen LogP contribution < -0.4 is 10.2 Å². The monoisotopic (exact) mass is 441 g/mol. The zero-order chi connectivity index (χ0) is 22.8. The number of hydrogen-bond acceptors (Lipinski definition) is 6. The molecule has 0 atom stereocenters. The van der Waals surface area contributed by atoms with Crippen LogP contribution in [0, 0.1) is 0 Å². The van der Waals surface area contributed by atoms with Crippen LogP contribution in [0.3, 0.4) is 0 Å². The number of benzene rings is 1. The molecule has 33 heavy (non-hydrogen) atoms. The summed E-state index contributed by atoms with van der Waals surface area (Å²) in [5, 5.41) is 10.9. The first-order valence-electron chi connectivity index (χ1n) is 11.2. The standard InChI is InChI=1S/C25H27N7O/c1-31(2)16-17-11-19(14-26-13-17)18-5-7-22-21(12-18)24(30-29-22)25(33)28-20-6-8-23(27-15-20)32-9-3-4-10-32/h5-8,11-15H,3-4,9-10,16H2,1-2H3,(H,28,33)(H,29,30). The Hall–Kier alpha value is -3.78. The molecule has 8 nitrogen and oxygen atoms in total. The molecule has 2 N–H and O–H groups in total. The number of carbonyl (C=O) groups excluding carboxylic acids is 1. The van der Waals surface area contributed by atoms with E-state index in [1.165, 1.54) is 12.8 Å². The number of rotatable bonds is 6. The maximum atomic E-state index is 13.0. The number of hydrogen-bond donors (Lipinski definition) is 2. The van der Waals surface area contributed by atoms with E-state index in [9.17, 15) is 4.79 Å². The van der Waals surface area contributed by atoms with Gasteiger partial charge in [-0.15, -0.1) is 0 Å². The van der Waals surface area contributed by atoms with Crippen molar-refractivity contribution in [2.75, 3.05) is 37.4 Å². The molecule has 1 aliphatic rings. The van der Waals surface area contributed by atoms with Crippen molar-refractivity contribution in [2.24, 2.45) is 0 Å². The van der Waals surface area contributed by atoms with Gasteiger partial charge in [0.25, 0.3) is 5.91 Å². The molecule has 0 unspecified atom stereocenters. The third-order valence-corrected chi connectivity index (χ3v) is 5.84. The zero-order valence-electron chi connectivity index (χ0n) is 18.9. The molecular formula is C25H27N7O. The molecule has 1 amide bonds. The van der Waals surface area contributed by atoms with E-state index < -0.39 is 0 Å². The normalized spacial score (nSPS) is 13.7. The Morgan fingerprint density at radius 3 is 2.67 bits per heavy atom. The van der Waals surface area contributed by atoms with Gasteiger partial charge in [-0.2, -0.15) is 5.10 Å². The van der Waals surface area contributed by atoms with Crippen molar-refractivity contribution in [2.45, 2.75) is 19.4 Å². The van der Waals surface area contributed by atoms with Gasteiger partial charge >= 0.3 is 0 Å². The summed E-state index contributed by atoms with van der Waals surface area (Å²) in [6.45, 7) is 2.88. The first-order valence-corrected chi connectivity index (χ1v) is 11.2. The minimum absolute atomic E-state index is 0.270. The van der Waals surface area contributed by atoms with Crippen LogP contribution in [0.5, 0.6) is 0 Å². The van der Waals surface area contributed by atoms with Crippen molar-refractivity contribution in [3.63, 3.8) is 0 Å². The summed E-state index contributed by atoms with van der Waals surface area (Å²) < 4.78 is 0. The fourth-order valence-electron chi connectivity index (χ4n) is 4.25. The highest BCUT2D eigenvalue weighted by molar-refractivity contribution is 6.11. The number of aromatic nitrogens is 4. The lowest BCUT2D eigenvalue weighted by Crippen LogP contribution is -2.19. The van der Waals surface area contributed by atoms with Crippen LogP contribution in [0.25, 0.3) is 22.0 Å². The van der Waals surface area contributed by atoms with E-state index in [-0.39, 0.29) is 5.91 Å². The summed E-state index contributed by atoms with van der Waals surface area (Å²) in [5.74, 6) is 0.680. The molecule has 168 valence electrons. The van der Waals surface area contributed by atoms with Gasteiger partial charge in [0.05, 0.1) is 17.4 Å². The van der Waals surface area contributed by atoms with Gasteiger partial charge in [-0.25, -0.2) is 4.98 Å². The highest BCUT2D eigenvalue weighted by Crippen LogP contribution is 2.26. The number of pyridine rings is 2. The predicted molar refractivity (Wildman–Crippen MR) is 130 cm³/mol. The lowest BCUT2D eigenvalue weighted by Gasteiger charge is -2.16. The predicted octanol–water partition coefficient (Wildman–Crippen LogP) is 3.93. The van der Waals surface area contributed by atoms with Gasteiger partial charge in [0, 0.05) is 43.0 Å². The number of carbonyl (C=O) groups is 1. The summed E-state index contributed by atoms with van der Waals surface area (Å²) >= 11 is 0. The van der Waals surface area contributed by atoms with Crippen molar-refractivity contribution in [1.29, 1.82) is 0 Å². The van der Waals surface area contributed by atoms with Crippen molar-refractivity contribution in [3.8, 4) is 11.1 Å². The molecule has 0 aliphatic carbocycles. The Morgan fingerprint density at radius 1 is 1.06 bits per heavy atom. The van der Waals surface area contributed by atoms with Gasteiger partial charge < -0.3 is 15.1 Å². The summed E-state index contributed by atoms with van der Waals surface area (Å²) in [7, 11) is 4.06. The molecule has 0 radical (unpaired) electrons. The van der Waals surface area contributed by atoms with E-state index in [4.69, 9.17) is 0 Å². The molecular weight excluding hydrogens is 414 g/mol. The van der Waals surface area contributed by atoms with Gasteiger partial charge in [-0.3, -0.25) is 14.9 Å². The van der Waals surface area contributed by atoms with E-state index in [2.05, 4.69) is 41.3 Å². The van der Waals surface area contributed by atoms with Crippen LogP contribution in [0.1, 0.15) is 28.9 Å². The molecule has 4 aromatic rings. The summed E-state index contributed by atoms with van der Waals surface area (Å²) in [6, 6.07) is 11.9. The van der Waals surface area contributed by atoms with Crippen molar-refractivity contribution in [3.05, 3.63) is 66.2 Å². The summed E-state index contributed by atoms with van der Waals surface area (Å²) in [4.78, 5) is 26.3. The minimum atomic E-state index is -0.270. The number of aromatic amines is 1. The van der Waals surface area contributed by atoms with Crippen LogP contribution in [0.4, 0.5) is 11.5 Å². The second-order valence-electron chi connectivity index (χ2n) is 8.71. The van der Waals surface area contributed by atoms with Gasteiger partial charge in [-0.05, 0) is 68.4 Å². The largest absolute Gasteiger partial charge is 0.357 e. The molecule has 0 saturated carbocycles. The first-order chi connectivity index (χ1) is 16.1. The lowest BCUT2D eigenvalue weighted by molar-refractivity contribution is 0.102. The Bertz CT molecular complexity index is 1270. The van der Waals surface area contributed by atoms with Crippen molar-refractivity contribution < 1.29 is 4.79 Å². The Kier molecular flexibility index (Phi) is 5.75. The number of nitrogens with one attached hydrogen (secondary N) is 2. The van der Waals surface area contributed by atoms with Crippen molar-refractivity contribution >= 4 is 28.3 Å². The van der Waals surface area contributed by atoms with Gasteiger partial charge in [0.15, 0.2) is 5.69 Å². The lowest BCUT2D eigenvalue weighted by atomic mass is 10.0. The highest BCUT2D eigenvalue weighted by atomic mass is 16.1. The van der Waals surface area contributed by atoms with E-state index in [1.54, 1.807) is 6.20 Å². The molecule has 0 bridgehead atoms. The van der Waals surface area contributed by atoms with E-state index in [0.29, 0.717) is 11.4 Å². The quantitative estimate of drug-likeness (QED) is 0.471. The number of amides is 1. The average molecular weight is 442 g/mol. The Labute approximate surface area is 192 Å². The Morgan fingerprint density at radius 2 is 1.91 bits per heavy atom. The molecule has 1 saturated heterocycles. The van der Waals surface area contributed by atoms with E-state index in [1.807, 2.05) is 56.8 Å². The molecule has 4 heterocycles. The maximum absolute atomic E-state index is 13.0. The third-order valence-electron chi connectivity index (χ3n) is 5.84. The van der Waals surface area contributed by atoms with Crippen LogP contribution in [0.15, 0.2) is 55.0 Å². The average Bonchev–Trinajstić information content (AvgIpc) is 3.49. The van der Waals surface area contributed by atoms with Crippen LogP contribution in [-0.2, 0) is 6.54 Å². The molecule has 5 rings (SSSR count). The highest BCUT2D eigenvalue weighted by Gasteiger charge is 2.17. The van der Waals surface area contributed by atoms with Gasteiger partial charge in [0.1, 0.15) is 5.82 Å². The molecule has 1 aliphatic heterocycles. The SMILES string of the molecule is CN(C)Cc1cncc(-c2ccc3[nH]nc(C(=O)Nc4ccc(N5CCCC5)nc4)c3c2)c1. The summed E-state index contributed by atoms with van der Waals surface area (Å²) in [6.07, 6.45) is 7.82. The fourth-order valence-corrected chi connectivity index (χ4v) is 4.25. The second-order valence-corrected chi connectivity index (χ2v) is 8.71. The number of anilines is 2. The minimum Gasteiger partial charge on any atom is -0.357 e. The van der Waals surface area contributed by atoms with E-state index in [0.717, 1.165) is 53.0 Å². The van der Waals surface area contributed by atoms with Crippen LogP contribution >= 0.6 is 0 Å². The van der Waals surface area contributed by atoms with Gasteiger partial charge in [0.2, 0.25) is 0 Å². The summed E-state index contributed by atoms with van der Waals surface area (Å²) in [5.41, 5.74) is 4.94. The van der Waals surface area contributed by atoms with E-state index >= 15 is 0 Å². The number of nitrogens with zero attached hydrogens (tertiary/aromatic N) is 5. The van der Waals surface area contributed by atoms with Crippen LogP contribution in [-0.4, -0.2) is 58.2 Å².